The molecule has 0 saturated heterocycles. The first-order valence-corrected chi connectivity index (χ1v) is 6.61. The molecule has 0 amide bonds. The van der Waals surface area contributed by atoms with Crippen molar-refractivity contribution in [2.24, 2.45) is 0 Å². The predicted molar refractivity (Wildman–Crippen MR) is 52.7 cm³/mol. The van der Waals surface area contributed by atoms with Crippen LogP contribution in [0.1, 0.15) is 0 Å². The highest BCUT2D eigenvalue weighted by atomic mass is 79.9. The molecular weight excluding hydrogens is 278 g/mol. The maximum absolute atomic E-state index is 11.5. The molecule has 2 rings (SSSR count). The molecule has 1 aromatic rings. The van der Waals surface area contributed by atoms with Crippen molar-refractivity contribution in [3.8, 4) is 5.06 Å². The van der Waals surface area contributed by atoms with Crippen LogP contribution in [0.3, 0.4) is 0 Å². The highest BCUT2D eigenvalue weighted by Crippen LogP contribution is 2.37. The van der Waals surface area contributed by atoms with Gasteiger partial charge in [0.2, 0.25) is 10.0 Å². The van der Waals surface area contributed by atoms with Crippen LogP contribution in [0.25, 0.3) is 0 Å². The van der Waals surface area contributed by atoms with E-state index in [2.05, 4.69) is 20.7 Å². The fourth-order valence-corrected chi connectivity index (χ4v) is 4.08. The van der Waals surface area contributed by atoms with Crippen molar-refractivity contribution in [3.05, 3.63) is 9.85 Å². The summed E-state index contributed by atoms with van der Waals surface area (Å²) in [5.74, 6) is 0. The molecule has 7 heteroatoms. The fraction of sp³-hybridized carbons (Fsp3) is 0.333. The summed E-state index contributed by atoms with van der Waals surface area (Å²) in [6.07, 6.45) is 0. The quantitative estimate of drug-likeness (QED) is 0.778. The second-order valence-electron chi connectivity index (χ2n) is 2.45. The van der Waals surface area contributed by atoms with E-state index < -0.39 is 10.0 Å². The monoisotopic (exact) mass is 283 g/mol. The molecule has 0 unspecified atom stereocenters. The van der Waals surface area contributed by atoms with Crippen molar-refractivity contribution in [2.45, 2.75) is 4.90 Å². The summed E-state index contributed by atoms with van der Waals surface area (Å²) < 4.78 is 31.4. The first-order valence-electron chi connectivity index (χ1n) is 3.51. The Labute approximate surface area is 88.1 Å². The summed E-state index contributed by atoms with van der Waals surface area (Å²) in [6.45, 7) is 0.695. The van der Waals surface area contributed by atoms with Gasteiger partial charge in [-0.1, -0.05) is 11.3 Å². The molecule has 0 spiro atoms. The molecule has 0 atom stereocenters. The molecule has 0 aromatic carbocycles. The van der Waals surface area contributed by atoms with Gasteiger partial charge in [0, 0.05) is 6.54 Å². The van der Waals surface area contributed by atoms with Crippen LogP contribution in [0.4, 0.5) is 0 Å². The van der Waals surface area contributed by atoms with Crippen molar-refractivity contribution < 1.29 is 13.2 Å². The Bertz CT molecular complexity index is 425. The maximum atomic E-state index is 11.5. The number of sulfonamides is 1. The molecule has 1 aliphatic heterocycles. The van der Waals surface area contributed by atoms with Gasteiger partial charge in [0.1, 0.15) is 11.5 Å². The maximum Gasteiger partial charge on any atom is 0.245 e. The zero-order valence-corrected chi connectivity index (χ0v) is 9.63. The molecule has 1 aromatic heterocycles. The minimum atomic E-state index is -3.35. The van der Waals surface area contributed by atoms with Gasteiger partial charge in [-0.25, -0.2) is 13.1 Å². The van der Waals surface area contributed by atoms with E-state index in [4.69, 9.17) is 4.74 Å². The molecule has 0 bridgehead atoms. The van der Waals surface area contributed by atoms with Gasteiger partial charge in [0.15, 0.2) is 5.06 Å². The molecule has 13 heavy (non-hydrogen) atoms. The highest BCUT2D eigenvalue weighted by molar-refractivity contribution is 9.11. The van der Waals surface area contributed by atoms with Crippen LogP contribution in [0.2, 0.25) is 0 Å². The Balaban J connectivity index is 2.60. The highest BCUT2D eigenvalue weighted by Gasteiger charge is 2.25. The van der Waals surface area contributed by atoms with Gasteiger partial charge in [-0.2, -0.15) is 0 Å². The van der Waals surface area contributed by atoms with E-state index in [1.165, 1.54) is 11.3 Å². The number of hydrogen-bond donors (Lipinski definition) is 1. The van der Waals surface area contributed by atoms with Gasteiger partial charge >= 0.3 is 0 Å². The average Bonchev–Trinajstić information content (AvgIpc) is 2.36. The molecule has 0 fully saturated rings. The molecule has 1 aliphatic rings. The third kappa shape index (κ3) is 1.74. The van der Waals surface area contributed by atoms with E-state index >= 15 is 0 Å². The van der Waals surface area contributed by atoms with E-state index in [1.807, 2.05) is 0 Å². The number of thiophene rings is 1. The summed E-state index contributed by atoms with van der Waals surface area (Å²) in [7, 11) is -3.35. The average molecular weight is 284 g/mol. The van der Waals surface area contributed by atoms with Crippen LogP contribution in [0.5, 0.6) is 5.06 Å². The Kier molecular flexibility index (Phi) is 2.35. The van der Waals surface area contributed by atoms with E-state index in [0.717, 1.165) is 3.79 Å². The van der Waals surface area contributed by atoms with Crippen molar-refractivity contribution in [3.63, 3.8) is 0 Å². The molecule has 0 saturated carbocycles. The molecule has 1 N–H and O–H groups in total. The lowest BCUT2D eigenvalue weighted by atomic mass is 10.6. The molecule has 2 heterocycles. The lowest BCUT2D eigenvalue weighted by Crippen LogP contribution is -2.24. The van der Waals surface area contributed by atoms with Crippen LogP contribution >= 0.6 is 27.3 Å². The second kappa shape index (κ2) is 3.23. The van der Waals surface area contributed by atoms with Crippen molar-refractivity contribution in [2.75, 3.05) is 13.2 Å². The van der Waals surface area contributed by atoms with Gasteiger partial charge in [0.05, 0.1) is 3.79 Å². The summed E-state index contributed by atoms with van der Waals surface area (Å²) >= 11 is 4.50. The number of halogens is 1. The molecule has 0 radical (unpaired) electrons. The Morgan fingerprint density at radius 3 is 3.15 bits per heavy atom. The standard InChI is InChI=1S/C6H6BrNO3S2/c7-5-3-4-6(12-5)11-2-1-8-13(4,9)10/h3,8H,1-2H2. The summed E-state index contributed by atoms with van der Waals surface area (Å²) in [4.78, 5) is 0.224. The zero-order valence-electron chi connectivity index (χ0n) is 6.41. The van der Waals surface area contributed by atoms with Crippen molar-refractivity contribution >= 4 is 37.3 Å². The first kappa shape index (κ1) is 9.45. The number of fused-ring (bicyclic) bond motifs is 1. The predicted octanol–water partition coefficient (Wildman–Crippen LogP) is 1.18. The lowest BCUT2D eigenvalue weighted by Gasteiger charge is -1.97. The molecule has 0 aliphatic carbocycles. The first-order chi connectivity index (χ1) is 6.09. The van der Waals surface area contributed by atoms with Crippen molar-refractivity contribution in [1.82, 2.24) is 4.72 Å². The lowest BCUT2D eigenvalue weighted by molar-refractivity contribution is 0.331. The zero-order chi connectivity index (χ0) is 9.47. The summed E-state index contributed by atoms with van der Waals surface area (Å²) in [5.41, 5.74) is 0. The number of hydrogen-bond acceptors (Lipinski definition) is 4. The topological polar surface area (TPSA) is 55.4 Å². The van der Waals surface area contributed by atoms with Crippen molar-refractivity contribution in [1.29, 1.82) is 0 Å². The number of nitrogens with one attached hydrogen (secondary N) is 1. The van der Waals surface area contributed by atoms with E-state index in [-0.39, 0.29) is 4.90 Å². The van der Waals surface area contributed by atoms with Gasteiger partial charge in [-0.15, -0.1) is 0 Å². The van der Waals surface area contributed by atoms with Crippen LogP contribution in [0.15, 0.2) is 14.7 Å². The van der Waals surface area contributed by atoms with Crippen LogP contribution in [0, 0.1) is 0 Å². The number of rotatable bonds is 0. The van der Waals surface area contributed by atoms with Gasteiger partial charge in [-0.05, 0) is 22.0 Å². The van der Waals surface area contributed by atoms with Crippen LogP contribution < -0.4 is 9.46 Å². The van der Waals surface area contributed by atoms with Crippen LogP contribution in [-0.4, -0.2) is 21.6 Å². The normalized spacial score (nSPS) is 20.1. The fourth-order valence-electron chi connectivity index (χ4n) is 1.02. The third-order valence-electron chi connectivity index (χ3n) is 1.55. The Hall–Kier alpha value is -0.110. The van der Waals surface area contributed by atoms with Crippen LogP contribution in [-0.2, 0) is 10.0 Å². The molecular formula is C6H6BrNO3S2. The molecule has 72 valence electrons. The smallest absolute Gasteiger partial charge is 0.245 e. The van der Waals surface area contributed by atoms with Gasteiger partial charge < -0.3 is 4.74 Å². The van der Waals surface area contributed by atoms with E-state index in [0.29, 0.717) is 18.2 Å². The SMILES string of the molecule is O=S1(=O)NCCOc2sc(Br)cc21. The Morgan fingerprint density at radius 1 is 1.62 bits per heavy atom. The summed E-state index contributed by atoms with van der Waals surface area (Å²) in [5, 5.41) is 0.455. The third-order valence-corrected chi connectivity index (χ3v) is 4.70. The number of ether oxygens (including phenoxy) is 1. The minimum absolute atomic E-state index is 0.224. The van der Waals surface area contributed by atoms with Gasteiger partial charge in [0.25, 0.3) is 0 Å². The molecule has 4 nitrogen and oxygen atoms in total. The largest absolute Gasteiger partial charge is 0.481 e. The van der Waals surface area contributed by atoms with E-state index in [1.54, 1.807) is 6.07 Å². The van der Waals surface area contributed by atoms with Gasteiger partial charge in [-0.3, -0.25) is 0 Å². The Morgan fingerprint density at radius 2 is 2.38 bits per heavy atom. The van der Waals surface area contributed by atoms with E-state index in [9.17, 15) is 8.42 Å². The summed E-state index contributed by atoms with van der Waals surface area (Å²) in [6, 6.07) is 1.55. The minimum Gasteiger partial charge on any atom is -0.481 e. The second-order valence-corrected chi connectivity index (χ2v) is 6.58.